The summed E-state index contributed by atoms with van der Waals surface area (Å²) >= 11 is 0. The number of hydrogen-bond donors (Lipinski definition) is 2. The molecule has 0 unspecified atom stereocenters. The quantitative estimate of drug-likeness (QED) is 0.788. The monoisotopic (exact) mass is 358 g/mol. The van der Waals surface area contributed by atoms with E-state index in [0.29, 0.717) is 18.0 Å². The van der Waals surface area contributed by atoms with Gasteiger partial charge < -0.3 is 9.84 Å². The predicted octanol–water partition coefficient (Wildman–Crippen LogP) is 1.45. The summed E-state index contributed by atoms with van der Waals surface area (Å²) in [5.74, 6) is -0.0370. The van der Waals surface area contributed by atoms with Crippen molar-refractivity contribution in [3.05, 3.63) is 50.7 Å². The van der Waals surface area contributed by atoms with Crippen LogP contribution in [0.2, 0.25) is 0 Å². The van der Waals surface area contributed by atoms with E-state index < -0.39 is 17.1 Å². The van der Waals surface area contributed by atoms with E-state index in [9.17, 15) is 14.7 Å². The van der Waals surface area contributed by atoms with Crippen LogP contribution in [-0.2, 0) is 0 Å². The normalized spacial score (nSPS) is 14.7. The van der Waals surface area contributed by atoms with Crippen LogP contribution in [0.4, 0.5) is 0 Å². The average molecular weight is 358 g/mol. The number of hydrogen-bond acceptors (Lipinski definition) is 6. The molecule has 0 amide bonds. The summed E-state index contributed by atoms with van der Waals surface area (Å²) in [4.78, 5) is 26.7. The summed E-state index contributed by atoms with van der Waals surface area (Å²) in [5, 5.41) is 16.7. The van der Waals surface area contributed by atoms with E-state index in [0.717, 1.165) is 36.9 Å². The largest absolute Gasteiger partial charge is 0.493 e. The highest BCUT2D eigenvalue weighted by Gasteiger charge is 2.17. The predicted molar refractivity (Wildman–Crippen MR) is 98.5 cm³/mol. The first-order chi connectivity index (χ1) is 12.6. The minimum atomic E-state index is -0.741. The minimum absolute atomic E-state index is 0.0681. The Labute approximate surface area is 150 Å². The standard InChI is InChI=1S/C18H22N4O4/c1-2-26-15-9-5-4-8-14(15)22-17(24)13(16(23)20-18(22)25)12-19-21-10-6-3-7-11-21/h4-5,8-9,12,24H,2-3,6-7,10-11H2,1H3,(H,20,23,25). The molecule has 0 radical (unpaired) electrons. The number of piperidine rings is 1. The summed E-state index contributed by atoms with van der Waals surface area (Å²) in [6.07, 6.45) is 4.55. The second-order valence-corrected chi connectivity index (χ2v) is 5.99. The SMILES string of the molecule is CCOc1ccccc1-n1c(O)c(C=NN2CCCCC2)c(=O)[nH]c1=O. The molecule has 8 heteroatoms. The number of benzene rings is 1. The second-order valence-electron chi connectivity index (χ2n) is 5.99. The van der Waals surface area contributed by atoms with Crippen LogP contribution in [0.5, 0.6) is 11.6 Å². The number of hydrazone groups is 1. The third-order valence-electron chi connectivity index (χ3n) is 4.21. The summed E-state index contributed by atoms with van der Waals surface area (Å²) in [6.45, 7) is 3.84. The molecule has 1 fully saturated rings. The molecule has 1 aromatic heterocycles. The first-order valence-electron chi connectivity index (χ1n) is 8.71. The highest BCUT2D eigenvalue weighted by Crippen LogP contribution is 2.25. The number of nitrogens with one attached hydrogen (secondary N) is 1. The van der Waals surface area contributed by atoms with Crippen LogP contribution in [-0.4, -0.2) is 45.6 Å². The van der Waals surface area contributed by atoms with E-state index in [1.807, 2.05) is 11.9 Å². The Balaban J connectivity index is 2.06. The molecule has 26 heavy (non-hydrogen) atoms. The lowest BCUT2D eigenvalue weighted by atomic mass is 10.2. The smallest absolute Gasteiger partial charge is 0.335 e. The highest BCUT2D eigenvalue weighted by molar-refractivity contribution is 5.82. The Hall–Kier alpha value is -3.03. The highest BCUT2D eigenvalue weighted by atomic mass is 16.5. The van der Waals surface area contributed by atoms with Crippen LogP contribution in [0.3, 0.4) is 0 Å². The van der Waals surface area contributed by atoms with E-state index in [-0.39, 0.29) is 5.56 Å². The molecular weight excluding hydrogens is 336 g/mol. The van der Waals surface area contributed by atoms with E-state index >= 15 is 0 Å². The lowest BCUT2D eigenvalue weighted by molar-refractivity contribution is 0.240. The third-order valence-corrected chi connectivity index (χ3v) is 4.21. The van der Waals surface area contributed by atoms with Crippen LogP contribution >= 0.6 is 0 Å². The van der Waals surface area contributed by atoms with Crippen LogP contribution < -0.4 is 16.0 Å². The first-order valence-corrected chi connectivity index (χ1v) is 8.71. The Morgan fingerprint density at radius 2 is 1.96 bits per heavy atom. The van der Waals surface area contributed by atoms with Gasteiger partial charge in [0.15, 0.2) is 0 Å². The molecule has 2 aromatic rings. The number of aromatic hydroxyl groups is 1. The average Bonchev–Trinajstić information content (AvgIpc) is 2.64. The van der Waals surface area contributed by atoms with Gasteiger partial charge in [-0.25, -0.2) is 9.36 Å². The van der Waals surface area contributed by atoms with Crippen molar-refractivity contribution >= 4 is 6.21 Å². The number of aromatic nitrogens is 2. The summed E-state index contributed by atoms with van der Waals surface area (Å²) in [7, 11) is 0. The number of ether oxygens (including phenoxy) is 1. The molecule has 0 bridgehead atoms. The van der Waals surface area contributed by atoms with Gasteiger partial charge >= 0.3 is 5.69 Å². The molecule has 2 heterocycles. The van der Waals surface area contributed by atoms with Crippen molar-refractivity contribution in [1.82, 2.24) is 14.6 Å². The Bertz CT molecular complexity index is 910. The maximum Gasteiger partial charge on any atom is 0.335 e. The van der Waals surface area contributed by atoms with E-state index in [2.05, 4.69) is 10.1 Å². The third kappa shape index (κ3) is 3.63. The van der Waals surface area contributed by atoms with E-state index in [4.69, 9.17) is 4.74 Å². The van der Waals surface area contributed by atoms with Crippen molar-refractivity contribution < 1.29 is 9.84 Å². The van der Waals surface area contributed by atoms with Crippen molar-refractivity contribution in [2.75, 3.05) is 19.7 Å². The first kappa shape index (κ1) is 17.8. The summed E-state index contributed by atoms with van der Waals surface area (Å²) < 4.78 is 6.54. The molecule has 0 aliphatic carbocycles. The molecule has 0 saturated carbocycles. The molecule has 2 N–H and O–H groups in total. The van der Waals surface area contributed by atoms with Gasteiger partial charge in [0, 0.05) is 13.1 Å². The number of para-hydroxylation sites is 2. The van der Waals surface area contributed by atoms with Gasteiger partial charge in [-0.2, -0.15) is 5.10 Å². The molecule has 1 aliphatic heterocycles. The van der Waals surface area contributed by atoms with Crippen molar-refractivity contribution in [2.45, 2.75) is 26.2 Å². The zero-order valence-corrected chi connectivity index (χ0v) is 14.6. The Kier molecular flexibility index (Phi) is 5.40. The molecule has 0 spiro atoms. The van der Waals surface area contributed by atoms with Gasteiger partial charge in [0.25, 0.3) is 5.56 Å². The summed E-state index contributed by atoms with van der Waals surface area (Å²) in [5.41, 5.74) is -1.14. The van der Waals surface area contributed by atoms with Crippen LogP contribution in [0.15, 0.2) is 39.0 Å². The lowest BCUT2D eigenvalue weighted by Crippen LogP contribution is -2.32. The van der Waals surface area contributed by atoms with Crippen molar-refractivity contribution in [2.24, 2.45) is 5.10 Å². The van der Waals surface area contributed by atoms with E-state index in [1.54, 1.807) is 24.3 Å². The van der Waals surface area contributed by atoms with Gasteiger partial charge in [-0.05, 0) is 38.3 Å². The molecule has 0 atom stereocenters. The van der Waals surface area contributed by atoms with E-state index in [1.165, 1.54) is 6.21 Å². The lowest BCUT2D eigenvalue weighted by Gasteiger charge is -2.23. The van der Waals surface area contributed by atoms with Crippen LogP contribution in [0.25, 0.3) is 5.69 Å². The van der Waals surface area contributed by atoms with Gasteiger partial charge in [-0.3, -0.25) is 14.8 Å². The van der Waals surface area contributed by atoms with Crippen molar-refractivity contribution in [3.8, 4) is 17.3 Å². The second kappa shape index (κ2) is 7.90. The fraction of sp³-hybridized carbons (Fsp3) is 0.389. The number of nitrogens with zero attached hydrogens (tertiary/aromatic N) is 3. The van der Waals surface area contributed by atoms with Crippen LogP contribution in [0, 0.1) is 0 Å². The van der Waals surface area contributed by atoms with Gasteiger partial charge in [0.05, 0.1) is 18.5 Å². The van der Waals surface area contributed by atoms with Crippen LogP contribution in [0.1, 0.15) is 31.7 Å². The number of rotatable bonds is 5. The molecule has 3 rings (SSSR count). The molecule has 138 valence electrons. The number of aromatic amines is 1. The molecular formula is C18H22N4O4. The molecule has 8 nitrogen and oxygen atoms in total. The Morgan fingerprint density at radius 3 is 2.69 bits per heavy atom. The van der Waals surface area contributed by atoms with Gasteiger partial charge in [-0.1, -0.05) is 12.1 Å². The minimum Gasteiger partial charge on any atom is -0.493 e. The zero-order valence-electron chi connectivity index (χ0n) is 14.6. The van der Waals surface area contributed by atoms with Gasteiger partial charge in [-0.15, -0.1) is 0 Å². The molecule has 1 aliphatic rings. The Morgan fingerprint density at radius 1 is 1.23 bits per heavy atom. The van der Waals surface area contributed by atoms with Crippen molar-refractivity contribution in [1.29, 1.82) is 0 Å². The summed E-state index contributed by atoms with van der Waals surface area (Å²) in [6, 6.07) is 6.81. The van der Waals surface area contributed by atoms with Gasteiger partial charge in [0.1, 0.15) is 11.3 Å². The van der Waals surface area contributed by atoms with Crippen molar-refractivity contribution in [3.63, 3.8) is 0 Å². The van der Waals surface area contributed by atoms with Gasteiger partial charge in [0.2, 0.25) is 5.88 Å². The molecule has 1 saturated heterocycles. The fourth-order valence-corrected chi connectivity index (χ4v) is 2.93. The fourth-order valence-electron chi connectivity index (χ4n) is 2.93. The molecule has 1 aromatic carbocycles. The topological polar surface area (TPSA) is 99.9 Å². The maximum absolute atomic E-state index is 12.3. The zero-order chi connectivity index (χ0) is 18.5. The maximum atomic E-state index is 12.3. The number of H-pyrrole nitrogens is 1.